The number of nitro benzene ring substituents is 1. The topological polar surface area (TPSA) is 105 Å². The Kier molecular flexibility index (Phi) is 3.43. The van der Waals surface area contributed by atoms with Crippen LogP contribution in [0.3, 0.4) is 0 Å². The summed E-state index contributed by atoms with van der Waals surface area (Å²) in [5, 5.41) is 23.1. The predicted octanol–water partition coefficient (Wildman–Crippen LogP) is 2.80. The number of aromatic nitrogens is 1. The van der Waals surface area contributed by atoms with Crippen molar-refractivity contribution in [2.24, 2.45) is 0 Å². The minimum absolute atomic E-state index is 0.165. The largest absolute Gasteiger partial charge is 0.478 e. The van der Waals surface area contributed by atoms with E-state index < -0.39 is 10.9 Å². The fourth-order valence-electron chi connectivity index (χ4n) is 1.46. The van der Waals surface area contributed by atoms with Crippen molar-refractivity contribution >= 4 is 33.8 Å². The highest BCUT2D eigenvalue weighted by Gasteiger charge is 2.16. The van der Waals surface area contributed by atoms with Crippen molar-refractivity contribution in [1.82, 2.24) is 4.98 Å². The van der Waals surface area contributed by atoms with E-state index in [1.807, 2.05) is 6.92 Å². The number of carboxylic acids is 1. The van der Waals surface area contributed by atoms with Crippen molar-refractivity contribution in [3.05, 3.63) is 45.0 Å². The molecule has 98 valence electrons. The number of nitro groups is 1. The maximum atomic E-state index is 11.1. The molecule has 0 unspecified atom stereocenters. The molecule has 0 saturated heterocycles. The number of benzene rings is 1. The Morgan fingerprint density at radius 1 is 1.53 bits per heavy atom. The van der Waals surface area contributed by atoms with E-state index in [-0.39, 0.29) is 16.9 Å². The molecule has 2 rings (SSSR count). The number of carboxylic acid groups (broad SMARTS) is 1. The van der Waals surface area contributed by atoms with Gasteiger partial charge in [0.1, 0.15) is 0 Å². The Labute approximate surface area is 111 Å². The summed E-state index contributed by atoms with van der Waals surface area (Å²) in [4.78, 5) is 26.1. The van der Waals surface area contributed by atoms with Gasteiger partial charge in [0.2, 0.25) is 0 Å². The molecule has 1 aromatic carbocycles. The number of nitrogens with one attached hydrogen (secondary N) is 1. The van der Waals surface area contributed by atoms with Crippen LogP contribution in [0.1, 0.15) is 15.2 Å². The summed E-state index contributed by atoms with van der Waals surface area (Å²) < 4.78 is 0. The average Bonchev–Trinajstić information content (AvgIpc) is 2.74. The highest BCUT2D eigenvalue weighted by atomic mass is 32.1. The van der Waals surface area contributed by atoms with Crippen molar-refractivity contribution in [2.45, 2.75) is 6.92 Å². The van der Waals surface area contributed by atoms with Crippen LogP contribution in [0, 0.1) is 17.0 Å². The Hall–Kier alpha value is -2.48. The number of non-ortho nitro benzene ring substituents is 1. The summed E-state index contributed by atoms with van der Waals surface area (Å²) in [5.74, 6) is -1.24. The number of hydrogen-bond acceptors (Lipinski definition) is 6. The van der Waals surface area contributed by atoms with Gasteiger partial charge in [0.25, 0.3) is 5.69 Å². The molecule has 19 heavy (non-hydrogen) atoms. The van der Waals surface area contributed by atoms with E-state index in [9.17, 15) is 14.9 Å². The normalized spacial score (nSPS) is 10.2. The molecule has 1 aromatic heterocycles. The van der Waals surface area contributed by atoms with Gasteiger partial charge in [-0.05, 0) is 13.0 Å². The van der Waals surface area contributed by atoms with Gasteiger partial charge >= 0.3 is 5.97 Å². The van der Waals surface area contributed by atoms with E-state index in [2.05, 4.69) is 10.3 Å². The summed E-state index contributed by atoms with van der Waals surface area (Å²) in [5.41, 5.74) is -0.159. The molecule has 0 spiro atoms. The molecule has 0 atom stereocenters. The maximum Gasteiger partial charge on any atom is 0.338 e. The number of nitrogens with zero attached hydrogens (tertiary/aromatic N) is 2. The Bertz CT molecular complexity index is 653. The molecule has 0 radical (unpaired) electrons. The van der Waals surface area contributed by atoms with Crippen LogP contribution in [0.2, 0.25) is 0 Å². The molecule has 0 aliphatic rings. The molecule has 7 nitrogen and oxygen atoms in total. The molecule has 8 heteroatoms. The Morgan fingerprint density at radius 3 is 2.79 bits per heavy atom. The van der Waals surface area contributed by atoms with Crippen molar-refractivity contribution in [2.75, 3.05) is 5.32 Å². The highest BCUT2D eigenvalue weighted by molar-refractivity contribution is 7.15. The van der Waals surface area contributed by atoms with Crippen LogP contribution in [0.15, 0.2) is 24.4 Å². The lowest BCUT2D eigenvalue weighted by Crippen LogP contribution is -2.03. The molecule has 0 aliphatic heterocycles. The fraction of sp³-hybridized carbons (Fsp3) is 0.0909. The minimum Gasteiger partial charge on any atom is -0.478 e. The van der Waals surface area contributed by atoms with Gasteiger partial charge < -0.3 is 10.4 Å². The number of aryl methyl sites for hydroxylation is 1. The monoisotopic (exact) mass is 279 g/mol. The number of thiazole rings is 1. The number of rotatable bonds is 4. The summed E-state index contributed by atoms with van der Waals surface area (Å²) in [6.07, 6.45) is 1.65. The first-order valence-electron chi connectivity index (χ1n) is 5.18. The van der Waals surface area contributed by atoms with Crippen molar-refractivity contribution in [3.8, 4) is 0 Å². The van der Waals surface area contributed by atoms with Crippen LogP contribution in [0.4, 0.5) is 16.5 Å². The van der Waals surface area contributed by atoms with Gasteiger partial charge in [0.15, 0.2) is 5.13 Å². The van der Waals surface area contributed by atoms with Gasteiger partial charge in [-0.1, -0.05) is 0 Å². The molecule has 0 amide bonds. The molecular formula is C11H9N3O4S. The molecule has 0 fully saturated rings. The molecule has 0 bridgehead atoms. The minimum atomic E-state index is -1.24. The summed E-state index contributed by atoms with van der Waals surface area (Å²) in [7, 11) is 0. The first kappa shape index (κ1) is 13.0. The first-order valence-corrected chi connectivity index (χ1v) is 6.00. The van der Waals surface area contributed by atoms with E-state index in [1.54, 1.807) is 6.20 Å². The average molecular weight is 279 g/mol. The lowest BCUT2D eigenvalue weighted by molar-refractivity contribution is -0.384. The predicted molar refractivity (Wildman–Crippen MR) is 70.2 cm³/mol. The molecule has 1 heterocycles. The fourth-order valence-corrected chi connectivity index (χ4v) is 2.14. The van der Waals surface area contributed by atoms with Crippen LogP contribution in [0.25, 0.3) is 0 Å². The van der Waals surface area contributed by atoms with Gasteiger partial charge in [-0.2, -0.15) is 0 Å². The third-order valence-corrected chi connectivity index (χ3v) is 3.14. The van der Waals surface area contributed by atoms with Gasteiger partial charge in [-0.25, -0.2) is 9.78 Å². The third kappa shape index (κ3) is 2.86. The quantitative estimate of drug-likeness (QED) is 0.658. The van der Waals surface area contributed by atoms with E-state index in [4.69, 9.17) is 5.11 Å². The zero-order valence-electron chi connectivity index (χ0n) is 9.78. The van der Waals surface area contributed by atoms with Gasteiger partial charge in [0, 0.05) is 23.2 Å². The van der Waals surface area contributed by atoms with Gasteiger partial charge in [-0.15, -0.1) is 11.3 Å². The Morgan fingerprint density at radius 2 is 2.26 bits per heavy atom. The molecule has 0 aliphatic carbocycles. The second kappa shape index (κ2) is 5.02. The standard InChI is InChI=1S/C11H9N3O4S/c1-6-5-12-11(19-6)13-9-3-2-7(14(17)18)4-8(9)10(15)16/h2-5H,1H3,(H,12,13)(H,15,16). The third-order valence-electron chi connectivity index (χ3n) is 2.31. The van der Waals surface area contributed by atoms with Gasteiger partial charge in [-0.3, -0.25) is 10.1 Å². The molecule has 2 N–H and O–H groups in total. The van der Waals surface area contributed by atoms with Gasteiger partial charge in [0.05, 0.1) is 16.2 Å². The number of carbonyl (C=O) groups is 1. The van der Waals surface area contributed by atoms with Crippen LogP contribution in [-0.2, 0) is 0 Å². The summed E-state index contributed by atoms with van der Waals surface area (Å²) in [6.45, 7) is 1.87. The van der Waals surface area contributed by atoms with E-state index in [1.165, 1.54) is 23.5 Å². The molecular weight excluding hydrogens is 270 g/mol. The molecule has 2 aromatic rings. The first-order chi connectivity index (χ1) is 8.97. The van der Waals surface area contributed by atoms with Crippen LogP contribution >= 0.6 is 11.3 Å². The Balaban J connectivity index is 2.39. The van der Waals surface area contributed by atoms with Crippen molar-refractivity contribution < 1.29 is 14.8 Å². The lowest BCUT2D eigenvalue weighted by atomic mass is 10.1. The van der Waals surface area contributed by atoms with E-state index in [0.29, 0.717) is 5.13 Å². The number of anilines is 2. The second-order valence-electron chi connectivity index (χ2n) is 3.69. The van der Waals surface area contributed by atoms with E-state index in [0.717, 1.165) is 10.9 Å². The zero-order chi connectivity index (χ0) is 14.0. The lowest BCUT2D eigenvalue weighted by Gasteiger charge is -2.06. The van der Waals surface area contributed by atoms with Crippen molar-refractivity contribution in [1.29, 1.82) is 0 Å². The smallest absolute Gasteiger partial charge is 0.338 e. The van der Waals surface area contributed by atoms with Crippen LogP contribution in [-0.4, -0.2) is 21.0 Å². The zero-order valence-corrected chi connectivity index (χ0v) is 10.6. The van der Waals surface area contributed by atoms with E-state index >= 15 is 0 Å². The SMILES string of the molecule is Cc1cnc(Nc2ccc([N+](=O)[O-])cc2C(=O)O)s1. The van der Waals surface area contributed by atoms with Crippen LogP contribution in [0.5, 0.6) is 0 Å². The number of aromatic carboxylic acids is 1. The maximum absolute atomic E-state index is 11.1. The summed E-state index contributed by atoms with van der Waals surface area (Å²) in [6, 6.07) is 3.62. The van der Waals surface area contributed by atoms with Crippen LogP contribution < -0.4 is 5.32 Å². The second-order valence-corrected chi connectivity index (χ2v) is 4.93. The molecule has 0 saturated carbocycles. The summed E-state index contributed by atoms with van der Waals surface area (Å²) >= 11 is 1.36. The number of hydrogen-bond donors (Lipinski definition) is 2. The highest BCUT2D eigenvalue weighted by Crippen LogP contribution is 2.27. The van der Waals surface area contributed by atoms with Crippen molar-refractivity contribution in [3.63, 3.8) is 0 Å².